The monoisotopic (exact) mass is 339 g/mol. The van der Waals surface area contributed by atoms with Crippen LogP contribution in [0.1, 0.15) is 33.1 Å². The molecule has 0 spiro atoms. The van der Waals surface area contributed by atoms with Crippen LogP contribution >= 0.6 is 15.9 Å². The smallest absolute Gasteiger partial charge is 0.331 e. The number of anilines is 1. The molecule has 0 heterocycles. The number of ether oxygens (including phenoxy) is 1. The first kappa shape index (κ1) is 15.4. The highest BCUT2D eigenvalue weighted by Gasteiger charge is 2.47. The summed E-state index contributed by atoms with van der Waals surface area (Å²) in [5.41, 5.74) is 0.341. The van der Waals surface area contributed by atoms with E-state index < -0.39 is 5.54 Å². The van der Waals surface area contributed by atoms with E-state index in [1.807, 2.05) is 24.3 Å². The Kier molecular flexibility index (Phi) is 4.74. The molecule has 0 aliphatic heterocycles. The molecule has 1 fully saturated rings. The second-order valence-electron chi connectivity index (χ2n) is 5.88. The molecule has 1 N–H and O–H groups in total. The van der Waals surface area contributed by atoms with Crippen LogP contribution in [0.5, 0.6) is 0 Å². The van der Waals surface area contributed by atoms with E-state index >= 15 is 0 Å². The quantitative estimate of drug-likeness (QED) is 0.837. The molecule has 2 rings (SSSR count). The van der Waals surface area contributed by atoms with Gasteiger partial charge in [0, 0.05) is 10.2 Å². The molecule has 1 aliphatic carbocycles. The maximum atomic E-state index is 12.4. The highest BCUT2D eigenvalue weighted by atomic mass is 79.9. The van der Waals surface area contributed by atoms with Crippen molar-refractivity contribution >= 4 is 27.6 Å². The van der Waals surface area contributed by atoms with Gasteiger partial charge in [-0.15, -0.1) is 0 Å². The lowest BCUT2D eigenvalue weighted by atomic mass is 9.69. The van der Waals surface area contributed by atoms with E-state index in [2.05, 4.69) is 35.1 Å². The average molecular weight is 340 g/mol. The van der Waals surface area contributed by atoms with E-state index in [-0.39, 0.29) is 11.9 Å². The molecule has 1 aliphatic rings. The van der Waals surface area contributed by atoms with Crippen LogP contribution in [0.25, 0.3) is 0 Å². The van der Waals surface area contributed by atoms with Gasteiger partial charge in [-0.1, -0.05) is 35.8 Å². The Hall–Kier alpha value is -1.03. The van der Waals surface area contributed by atoms with E-state index in [0.717, 1.165) is 29.4 Å². The van der Waals surface area contributed by atoms with E-state index in [9.17, 15) is 4.79 Å². The number of benzene rings is 1. The summed E-state index contributed by atoms with van der Waals surface area (Å²) in [4.78, 5) is 12.4. The van der Waals surface area contributed by atoms with Gasteiger partial charge in [0.2, 0.25) is 0 Å². The largest absolute Gasteiger partial charge is 0.467 e. The Morgan fingerprint density at radius 3 is 2.80 bits per heavy atom. The topological polar surface area (TPSA) is 38.3 Å². The van der Waals surface area contributed by atoms with Crippen molar-refractivity contribution in [3.8, 4) is 0 Å². The second kappa shape index (κ2) is 6.17. The standard InChI is InChI=1S/C16H22BrNO2/c1-11-7-8-16(12(2)9-11,15(19)20-3)18-14-6-4-5-13(17)10-14/h4-6,10-12,18H,7-9H2,1-3H3. The zero-order valence-electron chi connectivity index (χ0n) is 12.3. The first-order chi connectivity index (χ1) is 9.48. The Morgan fingerprint density at radius 1 is 1.45 bits per heavy atom. The summed E-state index contributed by atoms with van der Waals surface area (Å²) in [6, 6.07) is 7.92. The van der Waals surface area contributed by atoms with E-state index in [0.29, 0.717) is 5.92 Å². The lowest BCUT2D eigenvalue weighted by molar-refractivity contribution is -0.149. The number of hydrogen-bond donors (Lipinski definition) is 1. The lowest BCUT2D eigenvalue weighted by Gasteiger charge is -2.43. The summed E-state index contributed by atoms with van der Waals surface area (Å²) in [5, 5.41) is 3.45. The van der Waals surface area contributed by atoms with E-state index in [4.69, 9.17) is 4.74 Å². The molecule has 4 heteroatoms. The molecule has 1 aromatic carbocycles. The van der Waals surface area contributed by atoms with Gasteiger partial charge >= 0.3 is 5.97 Å². The number of hydrogen-bond acceptors (Lipinski definition) is 3. The van der Waals surface area contributed by atoms with Crippen LogP contribution in [0.15, 0.2) is 28.7 Å². The Labute approximate surface area is 129 Å². The summed E-state index contributed by atoms with van der Waals surface area (Å²) in [7, 11) is 1.47. The van der Waals surface area contributed by atoms with Crippen molar-refractivity contribution in [1.29, 1.82) is 0 Å². The highest BCUT2D eigenvalue weighted by Crippen LogP contribution is 2.40. The third-order valence-electron chi connectivity index (χ3n) is 4.37. The van der Waals surface area contributed by atoms with Gasteiger partial charge in [-0.25, -0.2) is 4.79 Å². The van der Waals surface area contributed by atoms with Crippen LogP contribution in [0.3, 0.4) is 0 Å². The van der Waals surface area contributed by atoms with E-state index in [1.54, 1.807) is 0 Å². The molecule has 0 radical (unpaired) electrons. The summed E-state index contributed by atoms with van der Waals surface area (Å²) in [6.07, 6.45) is 2.89. The van der Waals surface area contributed by atoms with Crippen molar-refractivity contribution in [1.82, 2.24) is 0 Å². The number of rotatable bonds is 3. The fraction of sp³-hybridized carbons (Fsp3) is 0.562. The fourth-order valence-electron chi connectivity index (χ4n) is 3.19. The van der Waals surface area contributed by atoms with Gasteiger partial charge in [-0.05, 0) is 49.3 Å². The van der Waals surface area contributed by atoms with Crippen LogP contribution in [0.2, 0.25) is 0 Å². The molecule has 0 aromatic heterocycles. The van der Waals surface area contributed by atoms with Crippen LogP contribution in [-0.2, 0) is 9.53 Å². The van der Waals surface area contributed by atoms with Gasteiger partial charge in [0.15, 0.2) is 0 Å². The molecular formula is C16H22BrNO2. The zero-order valence-corrected chi connectivity index (χ0v) is 13.9. The van der Waals surface area contributed by atoms with Gasteiger partial charge in [0.05, 0.1) is 7.11 Å². The molecule has 0 saturated heterocycles. The van der Waals surface area contributed by atoms with Crippen molar-refractivity contribution in [2.75, 3.05) is 12.4 Å². The van der Waals surface area contributed by atoms with Gasteiger partial charge in [0.1, 0.15) is 5.54 Å². The molecule has 3 atom stereocenters. The normalized spacial score (nSPS) is 29.8. The second-order valence-corrected chi connectivity index (χ2v) is 6.79. The van der Waals surface area contributed by atoms with Crippen molar-refractivity contribution in [2.24, 2.45) is 11.8 Å². The highest BCUT2D eigenvalue weighted by molar-refractivity contribution is 9.10. The summed E-state index contributed by atoms with van der Waals surface area (Å²) in [5.74, 6) is 0.752. The Balaban J connectivity index is 2.30. The zero-order chi connectivity index (χ0) is 14.8. The van der Waals surface area contributed by atoms with Crippen LogP contribution < -0.4 is 5.32 Å². The van der Waals surface area contributed by atoms with Gasteiger partial charge in [-0.2, -0.15) is 0 Å². The molecule has 20 heavy (non-hydrogen) atoms. The van der Waals surface area contributed by atoms with Crippen LogP contribution in [0.4, 0.5) is 5.69 Å². The van der Waals surface area contributed by atoms with Crippen LogP contribution in [-0.4, -0.2) is 18.6 Å². The van der Waals surface area contributed by atoms with Crippen molar-refractivity contribution in [2.45, 2.75) is 38.6 Å². The van der Waals surface area contributed by atoms with Gasteiger partial charge in [-0.3, -0.25) is 0 Å². The number of halogens is 1. The number of methoxy groups -OCH3 is 1. The molecule has 110 valence electrons. The van der Waals surface area contributed by atoms with Crippen molar-refractivity contribution in [3.63, 3.8) is 0 Å². The van der Waals surface area contributed by atoms with Crippen molar-refractivity contribution in [3.05, 3.63) is 28.7 Å². The Morgan fingerprint density at radius 2 is 2.20 bits per heavy atom. The summed E-state index contributed by atoms with van der Waals surface area (Å²) < 4.78 is 6.09. The van der Waals surface area contributed by atoms with Gasteiger partial charge < -0.3 is 10.1 Å². The predicted octanol–water partition coefficient (Wildman–Crippen LogP) is 4.23. The number of esters is 1. The SMILES string of the molecule is COC(=O)C1(Nc2cccc(Br)c2)CCC(C)CC1C. The van der Waals surface area contributed by atoms with Gasteiger partial charge in [0.25, 0.3) is 0 Å². The molecule has 3 unspecified atom stereocenters. The molecule has 0 bridgehead atoms. The minimum absolute atomic E-state index is 0.156. The third kappa shape index (κ3) is 3.00. The summed E-state index contributed by atoms with van der Waals surface area (Å²) in [6.45, 7) is 4.38. The Bertz CT molecular complexity index is 491. The molecule has 3 nitrogen and oxygen atoms in total. The molecule has 1 aromatic rings. The molecule has 0 amide bonds. The predicted molar refractivity (Wildman–Crippen MR) is 84.7 cm³/mol. The minimum atomic E-state index is -0.609. The third-order valence-corrected chi connectivity index (χ3v) is 4.86. The summed E-state index contributed by atoms with van der Waals surface area (Å²) >= 11 is 3.47. The first-order valence-corrected chi connectivity index (χ1v) is 7.89. The maximum Gasteiger partial charge on any atom is 0.331 e. The van der Waals surface area contributed by atoms with Crippen molar-refractivity contribution < 1.29 is 9.53 Å². The number of nitrogens with one attached hydrogen (secondary N) is 1. The first-order valence-electron chi connectivity index (χ1n) is 7.10. The average Bonchev–Trinajstić information content (AvgIpc) is 2.41. The molecule has 1 saturated carbocycles. The van der Waals surface area contributed by atoms with Crippen LogP contribution in [0, 0.1) is 11.8 Å². The molecular weight excluding hydrogens is 318 g/mol. The number of carbonyl (C=O) groups excluding carboxylic acids is 1. The fourth-order valence-corrected chi connectivity index (χ4v) is 3.59. The maximum absolute atomic E-state index is 12.4. The minimum Gasteiger partial charge on any atom is -0.467 e. The number of carbonyl (C=O) groups is 1. The lowest BCUT2D eigenvalue weighted by Crippen LogP contribution is -2.55. The van der Waals surface area contributed by atoms with E-state index in [1.165, 1.54) is 7.11 Å².